The maximum absolute atomic E-state index is 5.67. The lowest BCUT2D eigenvalue weighted by Crippen LogP contribution is -2.34. The maximum Gasteiger partial charge on any atom is 0.134 e. The number of fused-ring (bicyclic) bond motifs is 1. The lowest BCUT2D eigenvalue weighted by Gasteiger charge is -2.26. The molecule has 0 unspecified atom stereocenters. The fourth-order valence-corrected chi connectivity index (χ4v) is 2.26. The number of rotatable bonds is 4. The number of hydrogen-bond donors (Lipinski definition) is 2. The van der Waals surface area contributed by atoms with E-state index in [1.54, 1.807) is 0 Å². The predicted molar refractivity (Wildman–Crippen MR) is 68.6 cm³/mol. The van der Waals surface area contributed by atoms with Crippen LogP contribution in [0.3, 0.4) is 0 Å². The summed E-state index contributed by atoms with van der Waals surface area (Å²) in [6.45, 7) is 1.47. The van der Waals surface area contributed by atoms with E-state index in [1.165, 1.54) is 30.2 Å². The molecule has 3 rings (SSSR count). The Morgan fingerprint density at radius 1 is 1.35 bits per heavy atom. The summed E-state index contributed by atoms with van der Waals surface area (Å²) in [5.41, 5.74) is 9.01. The van der Waals surface area contributed by atoms with Gasteiger partial charge in [-0.15, -0.1) is 0 Å². The molecule has 17 heavy (non-hydrogen) atoms. The van der Waals surface area contributed by atoms with E-state index in [9.17, 15) is 0 Å². The van der Waals surface area contributed by atoms with Gasteiger partial charge in [-0.3, -0.25) is 0 Å². The molecule has 3 heteroatoms. The Morgan fingerprint density at radius 3 is 2.94 bits per heavy atom. The molecule has 0 atom stereocenters. The smallest absolute Gasteiger partial charge is 0.134 e. The first-order valence-electron chi connectivity index (χ1n) is 6.29. The number of benzene rings is 1. The highest BCUT2D eigenvalue weighted by Crippen LogP contribution is 2.24. The SMILES string of the molecule is NCc1ccc2occ(CNC3CCC3)c2c1. The molecule has 0 radical (unpaired) electrons. The monoisotopic (exact) mass is 230 g/mol. The number of furan rings is 1. The molecule has 90 valence electrons. The minimum absolute atomic E-state index is 0.580. The van der Waals surface area contributed by atoms with Gasteiger partial charge in [0, 0.05) is 30.1 Å². The average molecular weight is 230 g/mol. The van der Waals surface area contributed by atoms with Crippen LogP contribution in [0.2, 0.25) is 0 Å². The minimum atomic E-state index is 0.580. The molecule has 3 N–H and O–H groups in total. The molecule has 0 bridgehead atoms. The zero-order chi connectivity index (χ0) is 11.7. The largest absolute Gasteiger partial charge is 0.464 e. The quantitative estimate of drug-likeness (QED) is 0.848. The normalized spacial score (nSPS) is 16.3. The van der Waals surface area contributed by atoms with Gasteiger partial charge in [-0.25, -0.2) is 0 Å². The molecular formula is C14H18N2O. The van der Waals surface area contributed by atoms with E-state index in [2.05, 4.69) is 11.4 Å². The van der Waals surface area contributed by atoms with E-state index in [0.717, 1.165) is 17.7 Å². The molecule has 3 nitrogen and oxygen atoms in total. The van der Waals surface area contributed by atoms with Gasteiger partial charge in [0.25, 0.3) is 0 Å². The molecule has 2 aromatic rings. The zero-order valence-electron chi connectivity index (χ0n) is 9.91. The maximum atomic E-state index is 5.67. The molecule has 0 aliphatic heterocycles. The fourth-order valence-electron chi connectivity index (χ4n) is 2.26. The van der Waals surface area contributed by atoms with Gasteiger partial charge in [0.15, 0.2) is 0 Å². The molecule has 1 aromatic heterocycles. The van der Waals surface area contributed by atoms with Gasteiger partial charge in [0.05, 0.1) is 6.26 Å². The Kier molecular flexibility index (Phi) is 2.87. The third-order valence-corrected chi connectivity index (χ3v) is 3.64. The molecule has 0 spiro atoms. The van der Waals surface area contributed by atoms with Crippen LogP contribution in [0, 0.1) is 0 Å². The number of nitrogens with two attached hydrogens (primary N) is 1. The van der Waals surface area contributed by atoms with Gasteiger partial charge in [0.2, 0.25) is 0 Å². The van der Waals surface area contributed by atoms with Crippen LogP contribution in [-0.4, -0.2) is 6.04 Å². The van der Waals surface area contributed by atoms with Crippen LogP contribution >= 0.6 is 0 Å². The summed E-state index contributed by atoms with van der Waals surface area (Å²) in [6, 6.07) is 6.87. The average Bonchev–Trinajstić information content (AvgIpc) is 2.69. The topological polar surface area (TPSA) is 51.2 Å². The first kappa shape index (κ1) is 10.8. The molecule has 1 aliphatic rings. The van der Waals surface area contributed by atoms with Gasteiger partial charge >= 0.3 is 0 Å². The van der Waals surface area contributed by atoms with Gasteiger partial charge in [-0.2, -0.15) is 0 Å². The van der Waals surface area contributed by atoms with Crippen LogP contribution in [0.5, 0.6) is 0 Å². The van der Waals surface area contributed by atoms with Gasteiger partial charge < -0.3 is 15.5 Å². The summed E-state index contributed by atoms with van der Waals surface area (Å²) >= 11 is 0. The Morgan fingerprint density at radius 2 is 2.24 bits per heavy atom. The van der Waals surface area contributed by atoms with Crippen molar-refractivity contribution in [2.45, 2.75) is 38.4 Å². The van der Waals surface area contributed by atoms with E-state index in [1.807, 2.05) is 18.4 Å². The summed E-state index contributed by atoms with van der Waals surface area (Å²) in [5.74, 6) is 0. The van der Waals surface area contributed by atoms with E-state index < -0.39 is 0 Å². The van der Waals surface area contributed by atoms with Gasteiger partial charge in [-0.05, 0) is 30.5 Å². The standard InChI is InChI=1S/C14H18N2O/c15-7-10-4-5-14-13(6-10)11(9-17-14)8-16-12-2-1-3-12/h4-6,9,12,16H,1-3,7-8,15H2. The second-order valence-electron chi connectivity index (χ2n) is 4.80. The Bertz CT molecular complexity index is 514. The minimum Gasteiger partial charge on any atom is -0.464 e. The number of nitrogens with one attached hydrogen (secondary N) is 1. The summed E-state index contributed by atoms with van der Waals surface area (Å²) in [5, 5.41) is 4.75. The highest BCUT2D eigenvalue weighted by atomic mass is 16.3. The summed E-state index contributed by atoms with van der Waals surface area (Å²) in [4.78, 5) is 0. The van der Waals surface area contributed by atoms with Crippen LogP contribution in [0.4, 0.5) is 0 Å². The van der Waals surface area contributed by atoms with Crippen molar-refractivity contribution in [1.82, 2.24) is 5.32 Å². The molecule has 1 heterocycles. The van der Waals surface area contributed by atoms with Gasteiger partial charge in [0.1, 0.15) is 5.58 Å². The first-order valence-corrected chi connectivity index (χ1v) is 6.29. The van der Waals surface area contributed by atoms with E-state index >= 15 is 0 Å². The Hall–Kier alpha value is -1.32. The summed E-state index contributed by atoms with van der Waals surface area (Å²) in [7, 11) is 0. The second kappa shape index (κ2) is 4.51. The fraction of sp³-hybridized carbons (Fsp3) is 0.429. The lowest BCUT2D eigenvalue weighted by molar-refractivity contribution is 0.338. The second-order valence-corrected chi connectivity index (χ2v) is 4.80. The van der Waals surface area contributed by atoms with Crippen molar-refractivity contribution >= 4 is 11.0 Å². The van der Waals surface area contributed by atoms with E-state index in [0.29, 0.717) is 12.6 Å². The van der Waals surface area contributed by atoms with Crippen molar-refractivity contribution in [2.24, 2.45) is 5.73 Å². The molecule has 1 aromatic carbocycles. The first-order chi connectivity index (χ1) is 8.36. The molecule has 1 aliphatic carbocycles. The van der Waals surface area contributed by atoms with Crippen molar-refractivity contribution in [3.05, 3.63) is 35.6 Å². The highest BCUT2D eigenvalue weighted by Gasteiger charge is 2.17. The van der Waals surface area contributed by atoms with Crippen LogP contribution in [-0.2, 0) is 13.1 Å². The van der Waals surface area contributed by atoms with Crippen molar-refractivity contribution in [1.29, 1.82) is 0 Å². The zero-order valence-corrected chi connectivity index (χ0v) is 9.91. The Balaban J connectivity index is 1.82. The third kappa shape index (κ3) is 2.08. The molecule has 1 fully saturated rings. The van der Waals surface area contributed by atoms with Crippen LogP contribution in [0.25, 0.3) is 11.0 Å². The van der Waals surface area contributed by atoms with E-state index in [-0.39, 0.29) is 0 Å². The molecular weight excluding hydrogens is 212 g/mol. The molecule has 0 saturated heterocycles. The van der Waals surface area contributed by atoms with Crippen LogP contribution in [0.1, 0.15) is 30.4 Å². The Labute approximate surface area is 101 Å². The van der Waals surface area contributed by atoms with Crippen molar-refractivity contribution in [2.75, 3.05) is 0 Å². The predicted octanol–water partition coefficient (Wildman–Crippen LogP) is 2.53. The summed E-state index contributed by atoms with van der Waals surface area (Å²) in [6.07, 6.45) is 5.84. The van der Waals surface area contributed by atoms with E-state index in [4.69, 9.17) is 10.2 Å². The third-order valence-electron chi connectivity index (χ3n) is 3.64. The summed E-state index contributed by atoms with van der Waals surface area (Å²) < 4.78 is 5.55. The molecule has 0 amide bonds. The van der Waals surface area contributed by atoms with Crippen LogP contribution < -0.4 is 11.1 Å². The van der Waals surface area contributed by atoms with Crippen molar-refractivity contribution < 1.29 is 4.42 Å². The van der Waals surface area contributed by atoms with Crippen molar-refractivity contribution in [3.63, 3.8) is 0 Å². The van der Waals surface area contributed by atoms with Crippen LogP contribution in [0.15, 0.2) is 28.9 Å². The molecule has 1 saturated carbocycles. The number of hydrogen-bond acceptors (Lipinski definition) is 3. The van der Waals surface area contributed by atoms with Gasteiger partial charge in [-0.1, -0.05) is 12.5 Å². The van der Waals surface area contributed by atoms with Crippen molar-refractivity contribution in [3.8, 4) is 0 Å². The lowest BCUT2D eigenvalue weighted by atomic mass is 9.93. The highest BCUT2D eigenvalue weighted by molar-refractivity contribution is 5.81.